The van der Waals surface area contributed by atoms with Crippen molar-refractivity contribution < 1.29 is 27.8 Å². The van der Waals surface area contributed by atoms with E-state index in [9.17, 15) is 23.1 Å². The van der Waals surface area contributed by atoms with E-state index >= 15 is 0 Å². The zero-order valence-electron chi connectivity index (χ0n) is 21.7. The number of aromatic nitrogens is 3. The number of fused-ring (bicyclic) bond motifs is 3. The molecule has 9 heteroatoms. The maximum Gasteiger partial charge on any atom is 0.417 e. The molecule has 0 amide bonds. The van der Waals surface area contributed by atoms with E-state index in [-0.39, 0.29) is 29.2 Å². The number of ether oxygens (including phenoxy) is 1. The minimum absolute atomic E-state index is 0.0240. The molecule has 204 valence electrons. The molecule has 0 bridgehead atoms. The molecule has 1 fully saturated rings. The molecular weight excluding hydrogens is 519 g/mol. The van der Waals surface area contributed by atoms with Crippen LogP contribution in [0, 0.1) is 6.92 Å². The Bertz CT molecular complexity index is 1660. The second-order valence-corrected chi connectivity index (χ2v) is 11.1. The lowest BCUT2D eigenvalue weighted by Crippen LogP contribution is -2.11. The summed E-state index contributed by atoms with van der Waals surface area (Å²) >= 11 is 0. The van der Waals surface area contributed by atoms with Crippen LogP contribution in [-0.2, 0) is 22.8 Å². The number of hydrogen-bond donors (Lipinski definition) is 2. The number of aryl methyl sites for hydroxylation is 1. The van der Waals surface area contributed by atoms with Crippen molar-refractivity contribution in [2.45, 2.75) is 56.0 Å². The number of aromatic amines is 1. The first-order chi connectivity index (χ1) is 19.1. The monoisotopic (exact) mass is 545 g/mol. The number of halogens is 3. The van der Waals surface area contributed by atoms with Gasteiger partial charge in [-0.15, -0.1) is 0 Å². The van der Waals surface area contributed by atoms with Crippen LogP contribution in [0.5, 0.6) is 5.75 Å². The Morgan fingerprint density at radius 1 is 1.12 bits per heavy atom. The van der Waals surface area contributed by atoms with Crippen LogP contribution in [0.25, 0.3) is 22.5 Å². The highest BCUT2D eigenvalue weighted by Gasteiger charge is 2.59. The highest BCUT2D eigenvalue weighted by molar-refractivity contribution is 5.77. The fourth-order valence-corrected chi connectivity index (χ4v) is 6.89. The molecule has 3 atom stereocenters. The predicted molar refractivity (Wildman–Crippen MR) is 141 cm³/mol. The van der Waals surface area contributed by atoms with Crippen LogP contribution in [-0.4, -0.2) is 32.9 Å². The first-order valence-electron chi connectivity index (χ1n) is 13.4. The molecule has 1 aromatic heterocycles. The summed E-state index contributed by atoms with van der Waals surface area (Å²) in [5.74, 6) is 1.06. The zero-order valence-corrected chi connectivity index (χ0v) is 21.7. The van der Waals surface area contributed by atoms with Gasteiger partial charge in [0.05, 0.1) is 18.6 Å². The third kappa shape index (κ3) is 3.90. The van der Waals surface area contributed by atoms with Gasteiger partial charge < -0.3 is 9.84 Å². The van der Waals surface area contributed by atoms with E-state index in [2.05, 4.69) is 15.2 Å². The van der Waals surface area contributed by atoms with Gasteiger partial charge >= 0.3 is 12.1 Å². The highest BCUT2D eigenvalue weighted by atomic mass is 19.4. The van der Waals surface area contributed by atoms with E-state index < -0.39 is 17.7 Å². The van der Waals surface area contributed by atoms with Crippen molar-refractivity contribution in [3.05, 3.63) is 88.2 Å². The fourth-order valence-electron chi connectivity index (χ4n) is 6.89. The number of carboxylic acids is 1. The predicted octanol–water partition coefficient (Wildman–Crippen LogP) is 6.79. The van der Waals surface area contributed by atoms with Crippen LogP contribution in [0.3, 0.4) is 0 Å². The molecule has 3 aliphatic rings. The summed E-state index contributed by atoms with van der Waals surface area (Å²) < 4.78 is 48.6. The molecule has 1 spiro atoms. The number of alkyl halides is 3. The number of aliphatic carboxylic acids is 1. The molecule has 3 aromatic carbocycles. The van der Waals surface area contributed by atoms with E-state index in [4.69, 9.17) is 4.74 Å². The molecule has 0 saturated heterocycles. The molecule has 7 rings (SSSR count). The average Bonchev–Trinajstić information content (AvgIpc) is 3.16. The van der Waals surface area contributed by atoms with Crippen molar-refractivity contribution in [3.8, 4) is 28.3 Å². The third-order valence-electron chi connectivity index (χ3n) is 8.82. The molecule has 2 unspecified atom stereocenters. The Labute approximate surface area is 228 Å². The lowest BCUT2D eigenvalue weighted by molar-refractivity contribution is -0.138. The maximum atomic E-state index is 14.3. The molecule has 0 radical (unpaired) electrons. The second kappa shape index (κ2) is 8.68. The Balaban J connectivity index is 1.24. The van der Waals surface area contributed by atoms with E-state index in [0.29, 0.717) is 30.2 Å². The van der Waals surface area contributed by atoms with Crippen LogP contribution in [0.15, 0.2) is 54.6 Å². The summed E-state index contributed by atoms with van der Waals surface area (Å²) in [5.41, 5.74) is 4.50. The molecule has 1 aliphatic heterocycles. The Kier molecular flexibility index (Phi) is 5.40. The number of hydrogen-bond acceptors (Lipinski definition) is 4. The van der Waals surface area contributed by atoms with Crippen molar-refractivity contribution >= 4 is 5.97 Å². The minimum Gasteiger partial charge on any atom is -0.493 e. The Morgan fingerprint density at radius 2 is 1.90 bits per heavy atom. The number of nitrogens with one attached hydrogen (secondary N) is 1. The number of carbonyl (C=O) groups is 1. The van der Waals surface area contributed by atoms with Crippen LogP contribution in [0.1, 0.15) is 64.7 Å². The molecule has 40 heavy (non-hydrogen) atoms. The molecular formula is C31H26F3N3O3. The zero-order chi connectivity index (χ0) is 27.8. The maximum absolute atomic E-state index is 14.3. The van der Waals surface area contributed by atoms with Gasteiger partial charge in [0.2, 0.25) is 0 Å². The van der Waals surface area contributed by atoms with Crippen molar-refractivity contribution in [2.75, 3.05) is 6.61 Å². The van der Waals surface area contributed by atoms with Gasteiger partial charge in [-0.25, -0.2) is 4.98 Å². The van der Waals surface area contributed by atoms with Crippen molar-refractivity contribution in [2.24, 2.45) is 0 Å². The lowest BCUT2D eigenvalue weighted by Gasteiger charge is -2.19. The van der Waals surface area contributed by atoms with Crippen LogP contribution >= 0.6 is 0 Å². The number of carboxylic acid groups (broad SMARTS) is 1. The number of nitrogens with zero attached hydrogens (tertiary/aromatic N) is 2. The van der Waals surface area contributed by atoms with Gasteiger partial charge in [-0.05, 0) is 72.1 Å². The number of rotatable bonds is 5. The molecule has 6 nitrogen and oxygen atoms in total. The summed E-state index contributed by atoms with van der Waals surface area (Å²) in [4.78, 5) is 15.5. The van der Waals surface area contributed by atoms with Gasteiger partial charge in [0.25, 0.3) is 0 Å². The van der Waals surface area contributed by atoms with E-state index in [1.54, 1.807) is 37.3 Å². The average molecular weight is 546 g/mol. The molecule has 2 heterocycles. The topological polar surface area (TPSA) is 88.1 Å². The highest BCUT2D eigenvalue weighted by Crippen LogP contribution is 2.68. The van der Waals surface area contributed by atoms with Crippen LogP contribution in [0.4, 0.5) is 13.2 Å². The third-order valence-corrected chi connectivity index (χ3v) is 8.82. The lowest BCUT2D eigenvalue weighted by atomic mass is 9.87. The Morgan fingerprint density at radius 3 is 2.60 bits per heavy atom. The smallest absolute Gasteiger partial charge is 0.417 e. The van der Waals surface area contributed by atoms with Crippen LogP contribution in [0.2, 0.25) is 0 Å². The minimum atomic E-state index is -4.48. The van der Waals surface area contributed by atoms with E-state index in [1.807, 2.05) is 18.2 Å². The van der Waals surface area contributed by atoms with Crippen molar-refractivity contribution in [1.29, 1.82) is 0 Å². The fraction of sp³-hybridized carbons (Fsp3) is 0.323. The summed E-state index contributed by atoms with van der Waals surface area (Å²) in [5, 5.41) is 16.1. The SMILES string of the molecule is Cc1nc(-c2ccc(-c3c(C(F)(F)F)ccc4c3CCC43CC3c3ccc4c(c3)OC[C@H]4CC(=O)O)cc2)n[nH]1. The van der Waals surface area contributed by atoms with Gasteiger partial charge in [0.15, 0.2) is 5.82 Å². The molecule has 4 aromatic rings. The summed E-state index contributed by atoms with van der Waals surface area (Å²) in [6.07, 6.45) is -2.22. The largest absolute Gasteiger partial charge is 0.493 e. The number of H-pyrrole nitrogens is 1. The standard InChI is InChI=1S/C31H26F3N3O3/c1-16-35-29(37-36-16)18-4-2-17(3-5-18)28-22-10-11-30(23(22)8-9-24(28)31(32,33)34)14-25(30)19-6-7-21-20(13-27(38)39)15-40-26(21)12-19/h2-9,12,20,25H,10-11,13-15H2,1H3,(H,38,39)(H,35,36,37)/t20-,25?,30?/m1/s1. The quantitative estimate of drug-likeness (QED) is 0.288. The molecule has 2 aliphatic carbocycles. The van der Waals surface area contributed by atoms with Gasteiger partial charge in [-0.3, -0.25) is 9.89 Å². The normalized spacial score (nSPS) is 22.7. The molecule has 1 saturated carbocycles. The summed E-state index contributed by atoms with van der Waals surface area (Å²) in [7, 11) is 0. The van der Waals surface area contributed by atoms with Crippen molar-refractivity contribution in [1.82, 2.24) is 15.2 Å². The number of benzene rings is 3. The van der Waals surface area contributed by atoms with E-state index in [0.717, 1.165) is 46.4 Å². The van der Waals surface area contributed by atoms with Crippen LogP contribution < -0.4 is 4.74 Å². The van der Waals surface area contributed by atoms with Gasteiger partial charge in [0, 0.05) is 22.5 Å². The van der Waals surface area contributed by atoms with Gasteiger partial charge in [-0.1, -0.05) is 42.5 Å². The summed E-state index contributed by atoms with van der Waals surface area (Å²) in [6.45, 7) is 2.14. The Hall–Kier alpha value is -4.14. The van der Waals surface area contributed by atoms with Gasteiger partial charge in [-0.2, -0.15) is 18.3 Å². The second-order valence-electron chi connectivity index (χ2n) is 11.1. The van der Waals surface area contributed by atoms with Crippen molar-refractivity contribution in [3.63, 3.8) is 0 Å². The first-order valence-corrected chi connectivity index (χ1v) is 13.4. The summed E-state index contributed by atoms with van der Waals surface area (Å²) in [6, 6.07) is 15.9. The first kappa shape index (κ1) is 24.9. The molecule has 2 N–H and O–H groups in total. The van der Waals surface area contributed by atoms with Gasteiger partial charge in [0.1, 0.15) is 11.6 Å². The van der Waals surface area contributed by atoms with E-state index in [1.165, 1.54) is 6.07 Å².